The molecule has 1 heterocycles. The van der Waals surface area contributed by atoms with Crippen LogP contribution in [-0.4, -0.2) is 34.9 Å². The van der Waals surface area contributed by atoms with Crippen molar-refractivity contribution in [3.63, 3.8) is 0 Å². The first-order valence-electron chi connectivity index (χ1n) is 7.24. The average molecular weight is 312 g/mol. The Kier molecular flexibility index (Phi) is 4.96. The molecule has 0 radical (unpaired) electrons. The molecule has 0 aromatic rings. The zero-order chi connectivity index (χ0) is 14.2. The van der Waals surface area contributed by atoms with Gasteiger partial charge in [0.15, 0.2) is 5.17 Å². The zero-order valence-corrected chi connectivity index (χ0v) is 12.4. The molecule has 4 atom stereocenters. The molecule has 2 bridgehead atoms. The third kappa shape index (κ3) is 3.25. The minimum absolute atomic E-state index is 0. The van der Waals surface area contributed by atoms with Crippen LogP contribution in [0.5, 0.6) is 0 Å². The number of carbonyl (C=O) groups is 2. The Balaban J connectivity index is 0.00000161. The molecule has 1 saturated heterocycles. The minimum atomic E-state index is -0.570. The lowest BCUT2D eigenvalue weighted by atomic mass is 9.96. The number of nitrogens with zero attached hydrogens (tertiary/aromatic N) is 1. The van der Waals surface area contributed by atoms with Crippen LogP contribution < -0.4 is 5.32 Å². The summed E-state index contributed by atoms with van der Waals surface area (Å²) in [6.07, 6.45) is 5.64. The molecule has 0 aromatic heterocycles. The molecule has 1 aliphatic heterocycles. The van der Waals surface area contributed by atoms with Crippen LogP contribution in [0.25, 0.3) is 0 Å². The van der Waals surface area contributed by atoms with E-state index in [1.165, 1.54) is 37.4 Å². The normalized spacial score (nSPS) is 39.2. The number of thioether (sulfide) groups is 1. The van der Waals surface area contributed by atoms with Crippen LogP contribution in [0.3, 0.4) is 0 Å². The fourth-order valence-electron chi connectivity index (χ4n) is 3.56. The first-order chi connectivity index (χ1) is 9.60. The summed E-state index contributed by atoms with van der Waals surface area (Å²) in [4.78, 5) is 27.0. The van der Waals surface area contributed by atoms with Gasteiger partial charge in [0.25, 0.3) is 6.47 Å². The van der Waals surface area contributed by atoms with E-state index in [4.69, 9.17) is 9.73 Å². The molecule has 3 aliphatic rings. The van der Waals surface area contributed by atoms with Crippen molar-refractivity contribution < 1.29 is 14.3 Å². The second kappa shape index (κ2) is 6.38. The monoisotopic (exact) mass is 312 g/mol. The Morgan fingerprint density at radius 2 is 2.29 bits per heavy atom. The van der Waals surface area contributed by atoms with Crippen molar-refractivity contribution in [2.45, 2.75) is 57.2 Å². The van der Waals surface area contributed by atoms with Gasteiger partial charge in [0, 0.05) is 6.42 Å². The Morgan fingerprint density at radius 1 is 1.48 bits per heavy atom. The first kappa shape index (κ1) is 16.3. The number of amides is 1. The van der Waals surface area contributed by atoms with E-state index in [-0.39, 0.29) is 19.9 Å². The number of fused-ring (bicyclic) bond motifs is 2. The molecule has 2 saturated carbocycles. The van der Waals surface area contributed by atoms with Gasteiger partial charge in [-0.05, 0) is 38.0 Å². The van der Waals surface area contributed by atoms with Crippen LogP contribution in [0.15, 0.2) is 4.99 Å². The number of hydrogen-bond acceptors (Lipinski definition) is 5. The molecule has 2 aliphatic carbocycles. The molecule has 0 spiro atoms. The molecule has 0 aromatic carbocycles. The van der Waals surface area contributed by atoms with Crippen LogP contribution in [0, 0.1) is 11.8 Å². The molecule has 1 N–H and O–H groups in total. The van der Waals surface area contributed by atoms with Crippen LogP contribution in [0.2, 0.25) is 0 Å². The summed E-state index contributed by atoms with van der Waals surface area (Å²) in [5, 5.41) is 3.64. The van der Waals surface area contributed by atoms with Gasteiger partial charge in [-0.3, -0.25) is 14.6 Å². The smallest absolute Gasteiger partial charge is 0.293 e. The van der Waals surface area contributed by atoms with Gasteiger partial charge in [-0.1, -0.05) is 25.6 Å². The summed E-state index contributed by atoms with van der Waals surface area (Å²) in [6.45, 7) is 2.57. The summed E-state index contributed by atoms with van der Waals surface area (Å²) in [5.74, 6) is 1.54. The highest BCUT2D eigenvalue weighted by Gasteiger charge is 2.44. The topological polar surface area (TPSA) is 67.8 Å². The summed E-state index contributed by atoms with van der Waals surface area (Å²) >= 11 is 1.48. The molecule has 3 rings (SSSR count). The van der Waals surface area contributed by atoms with Gasteiger partial charge >= 0.3 is 0 Å². The molecule has 1 amide bonds. The van der Waals surface area contributed by atoms with Gasteiger partial charge in [0.2, 0.25) is 5.91 Å². The summed E-state index contributed by atoms with van der Waals surface area (Å²) in [6, 6.07) is 0.394. The number of hydrogen-bond donors (Lipinski definition) is 1. The number of ether oxygens (including phenoxy) is 1. The Labute approximate surface area is 130 Å². The predicted octanol–water partition coefficient (Wildman–Crippen LogP) is 2.35. The van der Waals surface area contributed by atoms with Crippen LogP contribution >= 0.6 is 11.8 Å². The highest BCUT2D eigenvalue weighted by Crippen LogP contribution is 2.46. The maximum absolute atomic E-state index is 12.1. The van der Waals surface area contributed by atoms with Crippen molar-refractivity contribution >= 4 is 29.3 Å². The third-order valence-electron chi connectivity index (χ3n) is 4.77. The van der Waals surface area contributed by atoms with Gasteiger partial charge < -0.3 is 10.1 Å². The first-order valence-corrected chi connectivity index (χ1v) is 8.06. The standard InChI is InChI=1S/C14H20N2O3S.CH4/c1-14(4-5-19-8-17)12(18)16-13(20-14)15-11-7-9-2-3-10(11)6-9;/h8-11H,2-7H2,1H3,(H,15,16,18);1H4. The lowest BCUT2D eigenvalue weighted by Gasteiger charge is -2.19. The highest BCUT2D eigenvalue weighted by atomic mass is 32.2. The van der Waals surface area contributed by atoms with Gasteiger partial charge in [0.1, 0.15) is 4.75 Å². The third-order valence-corrected chi connectivity index (χ3v) is 6.01. The molecule has 3 fully saturated rings. The predicted molar refractivity (Wildman–Crippen MR) is 84.2 cm³/mol. The van der Waals surface area contributed by atoms with E-state index < -0.39 is 4.75 Å². The molecule has 118 valence electrons. The Hall–Kier alpha value is -1.04. The van der Waals surface area contributed by atoms with Crippen LogP contribution in [0.1, 0.15) is 46.5 Å². The van der Waals surface area contributed by atoms with E-state index in [0.29, 0.717) is 18.9 Å². The number of amidine groups is 1. The molecular weight excluding hydrogens is 288 g/mol. The lowest BCUT2D eigenvalue weighted by Crippen LogP contribution is -2.35. The molecule has 4 unspecified atom stereocenters. The average Bonchev–Trinajstić information content (AvgIpc) is 3.06. The van der Waals surface area contributed by atoms with Gasteiger partial charge in [-0.15, -0.1) is 0 Å². The van der Waals surface area contributed by atoms with Gasteiger partial charge in [-0.2, -0.15) is 0 Å². The molecule has 5 nitrogen and oxygen atoms in total. The van der Waals surface area contributed by atoms with Gasteiger partial charge in [-0.25, -0.2) is 0 Å². The second-order valence-electron chi connectivity index (χ2n) is 6.18. The highest BCUT2D eigenvalue weighted by molar-refractivity contribution is 8.16. The zero-order valence-electron chi connectivity index (χ0n) is 11.6. The molecular formula is C15H24N2O3S. The summed E-state index contributed by atoms with van der Waals surface area (Å²) in [5.41, 5.74) is 0. The number of rotatable bonds is 5. The number of nitrogens with one attached hydrogen (secondary N) is 1. The maximum atomic E-state index is 12.1. The van der Waals surface area contributed by atoms with Crippen molar-refractivity contribution in [2.24, 2.45) is 16.8 Å². The molecule has 6 heteroatoms. The summed E-state index contributed by atoms with van der Waals surface area (Å²) in [7, 11) is 0. The van der Waals surface area contributed by atoms with E-state index in [1.54, 1.807) is 0 Å². The quantitative estimate of drug-likeness (QED) is 0.625. The van der Waals surface area contributed by atoms with Crippen molar-refractivity contribution in [3.05, 3.63) is 0 Å². The van der Waals surface area contributed by atoms with Crippen molar-refractivity contribution in [2.75, 3.05) is 6.61 Å². The molecule has 21 heavy (non-hydrogen) atoms. The number of carbonyl (C=O) groups excluding carboxylic acids is 2. The Bertz CT molecular complexity index is 454. The van der Waals surface area contributed by atoms with Crippen molar-refractivity contribution in [3.8, 4) is 0 Å². The Morgan fingerprint density at radius 3 is 2.90 bits per heavy atom. The maximum Gasteiger partial charge on any atom is 0.293 e. The van der Waals surface area contributed by atoms with Gasteiger partial charge in [0.05, 0.1) is 12.6 Å². The lowest BCUT2D eigenvalue weighted by molar-refractivity contribution is -0.130. The fourth-order valence-corrected chi connectivity index (χ4v) is 4.65. The minimum Gasteiger partial charge on any atom is -0.468 e. The largest absolute Gasteiger partial charge is 0.468 e. The fraction of sp³-hybridized carbons (Fsp3) is 0.800. The van der Waals surface area contributed by atoms with E-state index in [9.17, 15) is 9.59 Å². The number of aliphatic imine (C=N–C) groups is 1. The SMILES string of the molecule is C.CC1(CCOC=O)SC(=NC2CC3CCC2C3)NC1=O. The van der Waals surface area contributed by atoms with E-state index >= 15 is 0 Å². The van der Waals surface area contributed by atoms with E-state index in [2.05, 4.69) is 5.32 Å². The van der Waals surface area contributed by atoms with E-state index in [0.717, 1.165) is 17.0 Å². The van der Waals surface area contributed by atoms with Crippen LogP contribution in [0.4, 0.5) is 0 Å². The van der Waals surface area contributed by atoms with E-state index in [1.807, 2.05) is 6.92 Å². The van der Waals surface area contributed by atoms with Crippen molar-refractivity contribution in [1.29, 1.82) is 0 Å². The summed E-state index contributed by atoms with van der Waals surface area (Å²) < 4.78 is 4.13. The van der Waals surface area contributed by atoms with Crippen molar-refractivity contribution in [1.82, 2.24) is 5.32 Å². The van der Waals surface area contributed by atoms with Crippen LogP contribution in [-0.2, 0) is 14.3 Å². The second-order valence-corrected chi connectivity index (χ2v) is 7.67.